The van der Waals surface area contributed by atoms with Crippen molar-refractivity contribution >= 4 is 11.6 Å². The van der Waals surface area contributed by atoms with Crippen LogP contribution in [-0.2, 0) is 18.9 Å². The minimum atomic E-state index is -0.0869. The lowest BCUT2D eigenvalue weighted by Gasteiger charge is -2.09. The second kappa shape index (κ2) is 14.5. The Morgan fingerprint density at radius 2 is 1.58 bits per heavy atom. The van der Waals surface area contributed by atoms with Crippen LogP contribution in [0.15, 0.2) is 12.4 Å². The smallest absolute Gasteiger partial charge is 0.183 e. The fraction of sp³-hybridized carbons (Fsp3) is 0.722. The van der Waals surface area contributed by atoms with Crippen molar-refractivity contribution in [2.24, 2.45) is 5.92 Å². The molecule has 0 aromatic carbocycles. The first-order valence-corrected chi connectivity index (χ1v) is 9.06. The summed E-state index contributed by atoms with van der Waals surface area (Å²) < 4.78 is 21.4. The highest BCUT2D eigenvalue weighted by molar-refractivity contribution is 5.96. The molecule has 0 radical (unpaired) electrons. The minimum absolute atomic E-state index is 0. The predicted octanol–water partition coefficient (Wildman–Crippen LogP) is 2.06. The number of anilines is 1. The average molecular weight is 371 g/mol. The highest BCUT2D eigenvalue weighted by atomic mass is 16.6. The number of nitrogens with one attached hydrogen (secondary N) is 1. The van der Waals surface area contributed by atoms with Crippen LogP contribution in [0.5, 0.6) is 0 Å². The molecular weight excluding hydrogens is 338 g/mol. The summed E-state index contributed by atoms with van der Waals surface area (Å²) in [5.74, 6) is 0.537. The standard InChI is InChI=1S/C18H31N3O5.H2/c1-4-23-7-8-25-11-12-26-10-9-24-6-5-19-17-13-16(20-14-21-17)18(22)15(2)3;/h13-15H,4-12H2,1-3H3,(H,19,20,21);1H. The zero-order valence-electron chi connectivity index (χ0n) is 16.0. The van der Waals surface area contributed by atoms with Crippen LogP contribution in [0.25, 0.3) is 0 Å². The highest BCUT2D eigenvalue weighted by Gasteiger charge is 2.12. The molecule has 1 N–H and O–H groups in total. The molecule has 0 atom stereocenters. The van der Waals surface area contributed by atoms with E-state index in [0.717, 1.165) is 0 Å². The number of nitrogens with zero attached hydrogens (tertiary/aromatic N) is 2. The van der Waals surface area contributed by atoms with E-state index in [-0.39, 0.29) is 13.1 Å². The molecule has 26 heavy (non-hydrogen) atoms. The molecule has 8 heteroatoms. The Balaban J connectivity index is 0.00000676. The average Bonchev–Trinajstić information content (AvgIpc) is 2.65. The fourth-order valence-corrected chi connectivity index (χ4v) is 1.94. The summed E-state index contributed by atoms with van der Waals surface area (Å²) in [5, 5.41) is 3.11. The molecule has 0 bridgehead atoms. The Morgan fingerprint density at radius 3 is 2.15 bits per heavy atom. The number of carbonyl (C=O) groups is 1. The Hall–Kier alpha value is -1.61. The molecule has 8 nitrogen and oxygen atoms in total. The van der Waals surface area contributed by atoms with Gasteiger partial charge in [-0.05, 0) is 6.92 Å². The zero-order chi connectivity index (χ0) is 19.0. The molecule has 1 aromatic rings. The SMILES string of the molecule is CCOCCOCCOCCOCCNc1cc(C(=O)C(C)C)ncn1.[HH]. The molecule has 0 aliphatic rings. The van der Waals surface area contributed by atoms with Crippen molar-refractivity contribution in [2.75, 3.05) is 64.7 Å². The highest BCUT2D eigenvalue weighted by Crippen LogP contribution is 2.09. The molecule has 0 aliphatic heterocycles. The summed E-state index contributed by atoms with van der Waals surface area (Å²) >= 11 is 0. The van der Waals surface area contributed by atoms with Crippen molar-refractivity contribution in [1.29, 1.82) is 0 Å². The van der Waals surface area contributed by atoms with Crippen molar-refractivity contribution in [3.05, 3.63) is 18.1 Å². The van der Waals surface area contributed by atoms with Gasteiger partial charge in [0.2, 0.25) is 0 Å². The van der Waals surface area contributed by atoms with Gasteiger partial charge in [0.05, 0.1) is 46.2 Å². The van der Waals surface area contributed by atoms with Gasteiger partial charge >= 0.3 is 0 Å². The lowest BCUT2D eigenvalue weighted by Crippen LogP contribution is -2.15. The van der Waals surface area contributed by atoms with Crippen LogP contribution < -0.4 is 5.32 Å². The molecule has 0 saturated carbocycles. The summed E-state index contributed by atoms with van der Waals surface area (Å²) in [5.41, 5.74) is 0.426. The normalized spacial score (nSPS) is 11.1. The predicted molar refractivity (Wildman–Crippen MR) is 101 cm³/mol. The summed E-state index contributed by atoms with van der Waals surface area (Å²) in [6.45, 7) is 10.8. The largest absolute Gasteiger partial charge is 0.379 e. The van der Waals surface area contributed by atoms with E-state index in [1.807, 2.05) is 20.8 Å². The topological polar surface area (TPSA) is 91.8 Å². The molecule has 1 heterocycles. The quantitative estimate of drug-likeness (QED) is 0.349. The maximum atomic E-state index is 11.9. The maximum Gasteiger partial charge on any atom is 0.183 e. The van der Waals surface area contributed by atoms with Gasteiger partial charge in [-0.25, -0.2) is 9.97 Å². The Labute approximate surface area is 157 Å². The number of hydrogen-bond donors (Lipinski definition) is 1. The van der Waals surface area contributed by atoms with Crippen molar-refractivity contribution in [3.63, 3.8) is 0 Å². The van der Waals surface area contributed by atoms with Gasteiger partial charge in [0, 0.05) is 26.6 Å². The van der Waals surface area contributed by atoms with Crippen LogP contribution >= 0.6 is 0 Å². The summed E-state index contributed by atoms with van der Waals surface area (Å²) in [4.78, 5) is 20.0. The Bertz CT molecular complexity index is 506. The summed E-state index contributed by atoms with van der Waals surface area (Å²) in [6, 6.07) is 1.66. The minimum Gasteiger partial charge on any atom is -0.379 e. The van der Waals surface area contributed by atoms with Crippen LogP contribution in [0.1, 0.15) is 32.7 Å². The van der Waals surface area contributed by atoms with Gasteiger partial charge < -0.3 is 24.3 Å². The lowest BCUT2D eigenvalue weighted by molar-refractivity contribution is 0.000609. The Morgan fingerprint density at radius 1 is 1.00 bits per heavy atom. The van der Waals surface area contributed by atoms with Gasteiger partial charge in [0.25, 0.3) is 0 Å². The number of aromatic nitrogens is 2. The van der Waals surface area contributed by atoms with E-state index in [1.165, 1.54) is 6.33 Å². The molecule has 0 aliphatic carbocycles. The van der Waals surface area contributed by atoms with Gasteiger partial charge in [0.1, 0.15) is 17.8 Å². The second-order valence-corrected chi connectivity index (χ2v) is 5.77. The monoisotopic (exact) mass is 371 g/mol. The van der Waals surface area contributed by atoms with E-state index in [9.17, 15) is 4.79 Å². The van der Waals surface area contributed by atoms with Crippen LogP contribution in [0.2, 0.25) is 0 Å². The van der Waals surface area contributed by atoms with Gasteiger partial charge in [-0.1, -0.05) is 13.8 Å². The third-order valence-electron chi connectivity index (χ3n) is 3.32. The van der Waals surface area contributed by atoms with Gasteiger partial charge in [-0.3, -0.25) is 4.79 Å². The van der Waals surface area contributed by atoms with Crippen molar-refractivity contribution in [2.45, 2.75) is 20.8 Å². The van der Waals surface area contributed by atoms with Crippen LogP contribution in [0.4, 0.5) is 5.82 Å². The van der Waals surface area contributed by atoms with E-state index in [1.54, 1.807) is 6.07 Å². The molecule has 1 rings (SSSR count). The van der Waals surface area contributed by atoms with Gasteiger partial charge in [0.15, 0.2) is 5.78 Å². The van der Waals surface area contributed by atoms with Crippen molar-refractivity contribution in [1.82, 2.24) is 9.97 Å². The molecule has 0 spiro atoms. The van der Waals surface area contributed by atoms with E-state index >= 15 is 0 Å². The van der Waals surface area contributed by atoms with Crippen molar-refractivity contribution < 1.29 is 25.2 Å². The van der Waals surface area contributed by atoms with Crippen LogP contribution in [-0.4, -0.2) is 75.2 Å². The first-order chi connectivity index (χ1) is 12.6. The van der Waals surface area contributed by atoms with Crippen LogP contribution in [0.3, 0.4) is 0 Å². The molecule has 0 amide bonds. The second-order valence-electron chi connectivity index (χ2n) is 5.77. The Kier molecular flexibility index (Phi) is 12.6. The van der Waals surface area contributed by atoms with E-state index < -0.39 is 0 Å². The molecule has 0 unspecified atom stereocenters. The summed E-state index contributed by atoms with van der Waals surface area (Å²) in [6.07, 6.45) is 1.39. The molecular formula is C18H33N3O5. The first-order valence-electron chi connectivity index (χ1n) is 9.06. The van der Waals surface area contributed by atoms with Crippen molar-refractivity contribution in [3.8, 4) is 0 Å². The molecule has 0 fully saturated rings. The number of carbonyl (C=O) groups excluding carboxylic acids is 1. The van der Waals surface area contributed by atoms with E-state index in [4.69, 9.17) is 18.9 Å². The number of ether oxygens (including phenoxy) is 4. The first kappa shape index (κ1) is 22.4. The number of Topliss-reactive ketones (excluding diaryl/α,β-unsaturated/α-hetero) is 1. The van der Waals surface area contributed by atoms with E-state index in [2.05, 4.69) is 15.3 Å². The number of rotatable bonds is 16. The van der Waals surface area contributed by atoms with Crippen LogP contribution in [0, 0.1) is 5.92 Å². The fourth-order valence-electron chi connectivity index (χ4n) is 1.94. The molecule has 1 aromatic heterocycles. The lowest BCUT2D eigenvalue weighted by atomic mass is 10.1. The zero-order valence-corrected chi connectivity index (χ0v) is 16.0. The maximum absolute atomic E-state index is 11.9. The summed E-state index contributed by atoms with van der Waals surface area (Å²) in [7, 11) is 0. The number of ketones is 1. The molecule has 150 valence electrons. The third kappa shape index (κ3) is 10.4. The molecule has 0 saturated heterocycles. The van der Waals surface area contributed by atoms with Gasteiger partial charge in [-0.15, -0.1) is 0 Å². The van der Waals surface area contributed by atoms with E-state index in [0.29, 0.717) is 70.9 Å². The van der Waals surface area contributed by atoms with Gasteiger partial charge in [-0.2, -0.15) is 0 Å². The number of hydrogen-bond acceptors (Lipinski definition) is 8. The third-order valence-corrected chi connectivity index (χ3v) is 3.32.